The van der Waals surface area contributed by atoms with Gasteiger partial charge in [0.15, 0.2) is 0 Å². The van der Waals surface area contributed by atoms with E-state index in [1.807, 2.05) is 0 Å². The van der Waals surface area contributed by atoms with Gasteiger partial charge < -0.3 is 0 Å². The second kappa shape index (κ2) is 7.34. The average Bonchev–Trinajstić information content (AvgIpc) is 2.63. The van der Waals surface area contributed by atoms with Gasteiger partial charge >= 0.3 is 0 Å². The van der Waals surface area contributed by atoms with Crippen molar-refractivity contribution >= 4 is 0 Å². The Morgan fingerprint density at radius 2 is 1.92 bits per heavy atom. The van der Waals surface area contributed by atoms with Crippen LogP contribution in [0.2, 0.25) is 0 Å². The first-order valence-electron chi connectivity index (χ1n) is 5.82. The second-order valence-corrected chi connectivity index (χ2v) is 3.98. The van der Waals surface area contributed by atoms with E-state index >= 15 is 0 Å². The summed E-state index contributed by atoms with van der Waals surface area (Å²) in [7, 11) is 0. The third-order valence-corrected chi connectivity index (χ3v) is 2.68. The lowest BCUT2D eigenvalue weighted by atomic mass is 10.2. The maximum Gasteiger partial charge on any atom is 0.0790 e. The van der Waals surface area contributed by atoms with Crippen molar-refractivity contribution in [1.82, 2.24) is 5.48 Å². The molecule has 1 aliphatic rings. The SMILES string of the molecule is CCCCCCNOC1CCCC1. The Labute approximate surface area is 82.0 Å². The van der Waals surface area contributed by atoms with E-state index in [1.165, 1.54) is 51.4 Å². The van der Waals surface area contributed by atoms with Crippen LogP contribution in [0.3, 0.4) is 0 Å². The number of rotatable bonds is 7. The Balaban J connectivity index is 1.78. The molecule has 1 N–H and O–H groups in total. The first kappa shape index (κ1) is 11.0. The van der Waals surface area contributed by atoms with Crippen molar-refractivity contribution in [3.8, 4) is 0 Å². The first-order valence-corrected chi connectivity index (χ1v) is 5.82. The molecule has 78 valence electrons. The van der Waals surface area contributed by atoms with E-state index in [-0.39, 0.29) is 0 Å². The van der Waals surface area contributed by atoms with E-state index in [2.05, 4.69) is 12.4 Å². The molecule has 2 heteroatoms. The van der Waals surface area contributed by atoms with Crippen LogP contribution in [0.15, 0.2) is 0 Å². The molecule has 0 radical (unpaired) electrons. The summed E-state index contributed by atoms with van der Waals surface area (Å²) >= 11 is 0. The summed E-state index contributed by atoms with van der Waals surface area (Å²) < 4.78 is 0. The zero-order valence-electron chi connectivity index (χ0n) is 8.85. The van der Waals surface area contributed by atoms with Gasteiger partial charge in [-0.2, -0.15) is 0 Å². The summed E-state index contributed by atoms with van der Waals surface area (Å²) in [6, 6.07) is 0. The van der Waals surface area contributed by atoms with Crippen LogP contribution in [0.5, 0.6) is 0 Å². The van der Waals surface area contributed by atoms with Gasteiger partial charge in [0.1, 0.15) is 0 Å². The zero-order valence-corrected chi connectivity index (χ0v) is 8.85. The molecule has 0 heterocycles. The fraction of sp³-hybridized carbons (Fsp3) is 1.00. The van der Waals surface area contributed by atoms with Crippen molar-refractivity contribution in [2.45, 2.75) is 64.4 Å². The number of unbranched alkanes of at least 4 members (excludes halogenated alkanes) is 3. The lowest BCUT2D eigenvalue weighted by Gasteiger charge is -2.11. The molecular formula is C11H23NO. The molecule has 13 heavy (non-hydrogen) atoms. The number of hydrogen-bond donors (Lipinski definition) is 1. The summed E-state index contributed by atoms with van der Waals surface area (Å²) in [5, 5.41) is 0. The monoisotopic (exact) mass is 185 g/mol. The molecular weight excluding hydrogens is 162 g/mol. The highest BCUT2D eigenvalue weighted by Crippen LogP contribution is 2.19. The maximum absolute atomic E-state index is 5.53. The van der Waals surface area contributed by atoms with Crippen LogP contribution in [0.1, 0.15) is 58.3 Å². The smallest absolute Gasteiger partial charge is 0.0790 e. The van der Waals surface area contributed by atoms with Crippen molar-refractivity contribution in [2.75, 3.05) is 6.54 Å². The molecule has 0 aromatic rings. The molecule has 0 saturated heterocycles. The largest absolute Gasteiger partial charge is 0.299 e. The van der Waals surface area contributed by atoms with Gasteiger partial charge in [-0.3, -0.25) is 4.84 Å². The topological polar surface area (TPSA) is 21.3 Å². The minimum atomic E-state index is 0.506. The van der Waals surface area contributed by atoms with Gasteiger partial charge in [-0.15, -0.1) is 0 Å². The molecule has 0 bridgehead atoms. The Morgan fingerprint density at radius 3 is 2.62 bits per heavy atom. The predicted molar refractivity (Wildman–Crippen MR) is 55.5 cm³/mol. The molecule has 0 aromatic heterocycles. The van der Waals surface area contributed by atoms with E-state index in [0.717, 1.165) is 6.54 Å². The molecule has 1 fully saturated rings. The summed E-state index contributed by atoms with van der Waals surface area (Å²) in [5.41, 5.74) is 3.09. The highest BCUT2D eigenvalue weighted by Gasteiger charge is 2.14. The lowest BCUT2D eigenvalue weighted by Crippen LogP contribution is -2.22. The lowest BCUT2D eigenvalue weighted by molar-refractivity contribution is -0.0209. The standard InChI is InChI=1S/C11H23NO/c1-2-3-4-7-10-12-13-11-8-5-6-9-11/h11-12H,2-10H2,1H3. The zero-order chi connectivity index (χ0) is 9.36. The summed E-state index contributed by atoms with van der Waals surface area (Å²) in [5.74, 6) is 0. The number of hydroxylamine groups is 1. The van der Waals surface area contributed by atoms with Crippen molar-refractivity contribution in [3.63, 3.8) is 0 Å². The Morgan fingerprint density at radius 1 is 1.15 bits per heavy atom. The Bertz CT molecular complexity index is 111. The fourth-order valence-electron chi connectivity index (χ4n) is 1.81. The van der Waals surface area contributed by atoms with Gasteiger partial charge in [-0.1, -0.05) is 39.0 Å². The predicted octanol–water partition coefficient (Wildman–Crippen LogP) is 3.03. The van der Waals surface area contributed by atoms with Crippen LogP contribution in [0, 0.1) is 0 Å². The van der Waals surface area contributed by atoms with Gasteiger partial charge in [-0.25, -0.2) is 5.48 Å². The van der Waals surface area contributed by atoms with Crippen LogP contribution in [-0.4, -0.2) is 12.6 Å². The van der Waals surface area contributed by atoms with Crippen molar-refractivity contribution in [2.24, 2.45) is 0 Å². The molecule has 2 nitrogen and oxygen atoms in total. The molecule has 1 rings (SSSR count). The summed E-state index contributed by atoms with van der Waals surface area (Å²) in [6.45, 7) is 3.26. The van der Waals surface area contributed by atoms with Gasteiger partial charge in [0.2, 0.25) is 0 Å². The molecule has 0 atom stereocenters. The van der Waals surface area contributed by atoms with Crippen LogP contribution < -0.4 is 5.48 Å². The van der Waals surface area contributed by atoms with Crippen LogP contribution in [0.4, 0.5) is 0 Å². The van der Waals surface area contributed by atoms with Gasteiger partial charge in [-0.05, 0) is 19.3 Å². The minimum Gasteiger partial charge on any atom is -0.299 e. The highest BCUT2D eigenvalue weighted by molar-refractivity contribution is 4.65. The second-order valence-electron chi connectivity index (χ2n) is 3.98. The number of nitrogens with one attached hydrogen (secondary N) is 1. The van der Waals surface area contributed by atoms with Crippen molar-refractivity contribution < 1.29 is 4.84 Å². The third-order valence-electron chi connectivity index (χ3n) is 2.68. The summed E-state index contributed by atoms with van der Waals surface area (Å²) in [4.78, 5) is 5.53. The van der Waals surface area contributed by atoms with E-state index in [0.29, 0.717) is 6.10 Å². The molecule has 0 aliphatic heterocycles. The van der Waals surface area contributed by atoms with E-state index in [4.69, 9.17) is 4.84 Å². The van der Waals surface area contributed by atoms with E-state index < -0.39 is 0 Å². The Hall–Kier alpha value is -0.0800. The van der Waals surface area contributed by atoms with Gasteiger partial charge in [0.25, 0.3) is 0 Å². The Kier molecular flexibility index (Phi) is 6.21. The van der Waals surface area contributed by atoms with E-state index in [9.17, 15) is 0 Å². The molecule has 1 aliphatic carbocycles. The van der Waals surface area contributed by atoms with Gasteiger partial charge in [0, 0.05) is 6.54 Å². The maximum atomic E-state index is 5.53. The molecule has 0 spiro atoms. The molecule has 0 aromatic carbocycles. The molecule has 0 unspecified atom stereocenters. The van der Waals surface area contributed by atoms with Crippen LogP contribution >= 0.6 is 0 Å². The van der Waals surface area contributed by atoms with Crippen LogP contribution in [0.25, 0.3) is 0 Å². The van der Waals surface area contributed by atoms with E-state index in [1.54, 1.807) is 0 Å². The molecule has 1 saturated carbocycles. The van der Waals surface area contributed by atoms with Crippen molar-refractivity contribution in [3.05, 3.63) is 0 Å². The average molecular weight is 185 g/mol. The quantitative estimate of drug-likeness (QED) is 0.486. The molecule has 0 amide bonds. The minimum absolute atomic E-state index is 0.506. The van der Waals surface area contributed by atoms with Crippen LogP contribution in [-0.2, 0) is 4.84 Å². The third kappa shape index (κ3) is 5.27. The first-order chi connectivity index (χ1) is 6.43. The van der Waals surface area contributed by atoms with Gasteiger partial charge in [0.05, 0.1) is 6.10 Å². The normalized spacial score (nSPS) is 18.2. The fourth-order valence-corrected chi connectivity index (χ4v) is 1.81. The highest BCUT2D eigenvalue weighted by atomic mass is 16.7. The van der Waals surface area contributed by atoms with Crippen molar-refractivity contribution in [1.29, 1.82) is 0 Å². The number of hydrogen-bond acceptors (Lipinski definition) is 2. The summed E-state index contributed by atoms with van der Waals surface area (Å²) in [6.07, 6.45) is 11.0.